The van der Waals surface area contributed by atoms with E-state index < -0.39 is 23.1 Å². The molecule has 0 aliphatic carbocycles. The molecule has 1 aliphatic heterocycles. The van der Waals surface area contributed by atoms with Crippen LogP contribution in [0.5, 0.6) is 0 Å². The maximum Gasteiger partial charge on any atom is 0.357 e. The van der Waals surface area contributed by atoms with Crippen molar-refractivity contribution in [2.24, 2.45) is 0 Å². The number of thioether (sulfide) groups is 1. The predicted molar refractivity (Wildman–Crippen MR) is 151 cm³/mol. The molecule has 0 saturated carbocycles. The molecule has 0 saturated heterocycles. The molecule has 0 spiro atoms. The molecule has 0 fully saturated rings. The number of rotatable bonds is 8. The van der Waals surface area contributed by atoms with E-state index in [2.05, 4.69) is 0 Å². The van der Waals surface area contributed by atoms with Crippen molar-refractivity contribution in [1.29, 1.82) is 0 Å². The minimum absolute atomic E-state index is 0.00280. The van der Waals surface area contributed by atoms with Crippen LogP contribution in [-0.2, 0) is 14.3 Å². The molecular weight excluding hydrogens is 547 g/mol. The molecule has 38 heavy (non-hydrogen) atoms. The first-order valence-electron chi connectivity index (χ1n) is 12.1. The summed E-state index contributed by atoms with van der Waals surface area (Å²) in [4.78, 5) is 40.8. The van der Waals surface area contributed by atoms with Crippen molar-refractivity contribution in [2.75, 3.05) is 18.9 Å². The van der Waals surface area contributed by atoms with Crippen molar-refractivity contribution in [2.45, 2.75) is 31.9 Å². The average Bonchev–Trinajstić information content (AvgIpc) is 3.19. The van der Waals surface area contributed by atoms with E-state index in [1.807, 2.05) is 6.92 Å². The summed E-state index contributed by atoms with van der Waals surface area (Å²) in [6.45, 7) is 3.92. The van der Waals surface area contributed by atoms with Crippen LogP contribution in [0.3, 0.4) is 0 Å². The molecule has 2 heterocycles. The van der Waals surface area contributed by atoms with Gasteiger partial charge in [0.25, 0.3) is 0 Å². The van der Waals surface area contributed by atoms with Gasteiger partial charge in [-0.25, -0.2) is 9.59 Å². The Morgan fingerprint density at radius 2 is 1.71 bits per heavy atom. The van der Waals surface area contributed by atoms with Gasteiger partial charge in [0.2, 0.25) is 5.91 Å². The van der Waals surface area contributed by atoms with E-state index in [-0.39, 0.29) is 34.8 Å². The lowest BCUT2D eigenvalue weighted by Crippen LogP contribution is -2.42. The Bertz CT molecular complexity index is 1530. The number of unbranched alkanes of at least 4 members (excludes halogenated alkanes) is 1. The Morgan fingerprint density at radius 1 is 1.03 bits per heavy atom. The van der Waals surface area contributed by atoms with E-state index in [1.165, 1.54) is 4.57 Å². The minimum Gasteiger partial charge on any atom is -0.462 e. The first-order valence-corrected chi connectivity index (χ1v) is 13.7. The molecule has 7 nitrogen and oxygen atoms in total. The number of aromatic nitrogens is 1. The topological polar surface area (TPSA) is 101 Å². The van der Waals surface area contributed by atoms with E-state index in [0.29, 0.717) is 32.8 Å². The molecule has 1 atom stereocenters. The zero-order valence-corrected chi connectivity index (χ0v) is 23.2. The van der Waals surface area contributed by atoms with E-state index in [1.54, 1.807) is 61.5 Å². The smallest absolute Gasteiger partial charge is 0.357 e. The van der Waals surface area contributed by atoms with E-state index >= 15 is 0 Å². The molecule has 1 unspecified atom stereocenters. The van der Waals surface area contributed by atoms with Crippen molar-refractivity contribution in [1.82, 2.24) is 4.57 Å². The number of fused-ring (bicyclic) bond motifs is 1. The molecule has 10 heteroatoms. The molecule has 4 rings (SSSR count). The van der Waals surface area contributed by atoms with Gasteiger partial charge in [-0.05, 0) is 42.7 Å². The fraction of sp³-hybridized carbons (Fsp3) is 0.250. The highest BCUT2D eigenvalue weighted by molar-refractivity contribution is 8.10. The second-order valence-corrected chi connectivity index (χ2v) is 10.4. The highest BCUT2D eigenvalue weighted by Crippen LogP contribution is 2.42. The highest BCUT2D eigenvalue weighted by atomic mass is 35.5. The van der Waals surface area contributed by atoms with Crippen LogP contribution in [0, 0.1) is 0 Å². The zero-order valence-electron chi connectivity index (χ0n) is 20.8. The second-order valence-electron chi connectivity index (χ2n) is 8.42. The maximum atomic E-state index is 14.1. The van der Waals surface area contributed by atoms with E-state index in [4.69, 9.17) is 38.4 Å². The Labute approximate surface area is 234 Å². The third-order valence-electron chi connectivity index (χ3n) is 5.92. The molecule has 1 aliphatic rings. The van der Waals surface area contributed by atoms with Crippen molar-refractivity contribution in [3.8, 4) is 0 Å². The lowest BCUT2D eigenvalue weighted by molar-refractivity contribution is -0.135. The van der Waals surface area contributed by atoms with E-state index in [9.17, 15) is 14.4 Å². The molecule has 0 bridgehead atoms. The zero-order chi connectivity index (χ0) is 27.4. The fourth-order valence-electron chi connectivity index (χ4n) is 4.09. The normalized spacial score (nSPS) is 15.4. The number of halogens is 2. The quantitative estimate of drug-likeness (QED) is 0.300. The average molecular weight is 573 g/mol. The molecule has 2 N–H and O–H groups in total. The molecule has 0 radical (unpaired) electrons. The van der Waals surface area contributed by atoms with Crippen molar-refractivity contribution in [3.05, 3.63) is 86.0 Å². The summed E-state index contributed by atoms with van der Waals surface area (Å²) in [5.41, 5.74) is 7.48. The van der Waals surface area contributed by atoms with Gasteiger partial charge in [0.1, 0.15) is 10.2 Å². The van der Waals surface area contributed by atoms with Crippen molar-refractivity contribution in [3.63, 3.8) is 0 Å². The van der Waals surface area contributed by atoms with Crippen molar-refractivity contribution >= 4 is 69.5 Å². The summed E-state index contributed by atoms with van der Waals surface area (Å²) in [6.07, 6.45) is 3.10. The van der Waals surface area contributed by atoms with Crippen LogP contribution in [0.1, 0.15) is 58.3 Å². The van der Waals surface area contributed by atoms with Gasteiger partial charge >= 0.3 is 11.9 Å². The molecule has 1 aromatic heterocycles. The summed E-state index contributed by atoms with van der Waals surface area (Å²) in [5.74, 6) is -1.91. The van der Waals surface area contributed by atoms with Crippen LogP contribution in [0.25, 0.3) is 11.0 Å². The van der Waals surface area contributed by atoms with Gasteiger partial charge in [-0.15, -0.1) is 0 Å². The summed E-state index contributed by atoms with van der Waals surface area (Å²) >= 11 is 13.9. The molecule has 198 valence electrons. The van der Waals surface area contributed by atoms with Crippen LogP contribution in [-0.4, -0.2) is 35.6 Å². The largest absolute Gasteiger partial charge is 0.462 e. The molecule has 2 aromatic carbocycles. The monoisotopic (exact) mass is 572 g/mol. The van der Waals surface area contributed by atoms with Gasteiger partial charge in [-0.2, -0.15) is 0 Å². The number of carbonyl (C=O) groups excluding carboxylic acids is 3. The Morgan fingerprint density at radius 3 is 2.37 bits per heavy atom. The Balaban J connectivity index is 2.08. The third-order valence-corrected chi connectivity index (χ3v) is 7.90. The summed E-state index contributed by atoms with van der Waals surface area (Å²) < 4.78 is 12.0. The van der Waals surface area contributed by atoms with Crippen LogP contribution in [0.2, 0.25) is 10.0 Å². The number of nitrogen functional groups attached to an aromatic ring is 1. The first kappa shape index (κ1) is 27.8. The number of anilines is 1. The standard InChI is InChI=1S/C28H26Cl2N2O5S/c1-3-5-14-37-27(34)23-21(31)18(15-16-10-6-8-12-19(16)29)22-25(28(35)36-4-2)38-24(26(33)32(22)23)17-11-7-9-13-20(17)30/h6-13,15,24H,3-5,14,31H2,1-2H3/b18-15+. The summed E-state index contributed by atoms with van der Waals surface area (Å²) in [7, 11) is 0. The lowest BCUT2D eigenvalue weighted by atomic mass is 10.1. The highest BCUT2D eigenvalue weighted by Gasteiger charge is 2.39. The summed E-state index contributed by atoms with van der Waals surface area (Å²) in [6, 6.07) is 13.9. The number of esters is 2. The Hall–Kier alpha value is -3.20. The van der Waals surface area contributed by atoms with Gasteiger partial charge in [0, 0.05) is 15.3 Å². The summed E-state index contributed by atoms with van der Waals surface area (Å²) in [5, 5.41) is 0.293. The lowest BCUT2D eigenvalue weighted by Gasteiger charge is -2.24. The minimum atomic E-state index is -0.933. The SMILES string of the molecule is CCCCOC(=O)c1c(N)/c(=C\c2ccccc2Cl)c2n1C(=O)C(c1ccccc1Cl)SC=2C(=O)OCC. The number of carbonyl (C=O) groups is 3. The fourth-order valence-corrected chi connectivity index (χ4v) is 5.83. The van der Waals surface area contributed by atoms with Gasteiger partial charge in [-0.1, -0.05) is 84.7 Å². The Kier molecular flexibility index (Phi) is 8.87. The van der Waals surface area contributed by atoms with Gasteiger partial charge < -0.3 is 15.2 Å². The number of benzene rings is 2. The van der Waals surface area contributed by atoms with E-state index in [0.717, 1.165) is 18.2 Å². The third kappa shape index (κ3) is 5.34. The predicted octanol–water partition coefficient (Wildman–Crippen LogP) is 4.96. The van der Waals surface area contributed by atoms with Crippen LogP contribution in [0.4, 0.5) is 5.69 Å². The molecule has 3 aromatic rings. The maximum absolute atomic E-state index is 14.1. The number of nitrogens with zero attached hydrogens (tertiary/aromatic N) is 1. The van der Waals surface area contributed by atoms with Crippen molar-refractivity contribution < 1.29 is 23.9 Å². The number of hydrogen-bond acceptors (Lipinski definition) is 7. The molecular formula is C28H26Cl2N2O5S. The molecule has 0 amide bonds. The second kappa shape index (κ2) is 12.1. The van der Waals surface area contributed by atoms with Crippen LogP contribution >= 0.6 is 35.0 Å². The van der Waals surface area contributed by atoms with Gasteiger partial charge in [0.05, 0.1) is 24.3 Å². The van der Waals surface area contributed by atoms with Crippen LogP contribution < -0.4 is 16.3 Å². The number of ether oxygens (including phenoxy) is 2. The number of nitrogens with two attached hydrogens (primary N) is 1. The van der Waals surface area contributed by atoms with Gasteiger partial charge in [-0.3, -0.25) is 9.36 Å². The first-order chi connectivity index (χ1) is 18.3. The number of hydrogen-bond donors (Lipinski definition) is 1. The van der Waals surface area contributed by atoms with Gasteiger partial charge in [0.15, 0.2) is 5.69 Å². The van der Waals surface area contributed by atoms with Crippen LogP contribution in [0.15, 0.2) is 48.5 Å².